The number of hydrogen-bond donors (Lipinski definition) is 1. The highest BCUT2D eigenvalue weighted by Gasteiger charge is 2.29. The fourth-order valence-electron chi connectivity index (χ4n) is 4.45. The summed E-state index contributed by atoms with van der Waals surface area (Å²) in [6.07, 6.45) is 3.97. The van der Waals surface area contributed by atoms with Crippen molar-refractivity contribution in [1.29, 1.82) is 0 Å². The van der Waals surface area contributed by atoms with Gasteiger partial charge in [0.1, 0.15) is 5.82 Å². The maximum Gasteiger partial charge on any atom is 0.254 e. The van der Waals surface area contributed by atoms with Crippen molar-refractivity contribution < 1.29 is 13.9 Å². The molecule has 1 aromatic carbocycles. The predicted molar refractivity (Wildman–Crippen MR) is 131 cm³/mol. The van der Waals surface area contributed by atoms with Crippen LogP contribution in [0.15, 0.2) is 36.7 Å². The van der Waals surface area contributed by atoms with Crippen molar-refractivity contribution in [2.75, 3.05) is 43.5 Å². The minimum absolute atomic E-state index is 0.121. The van der Waals surface area contributed by atoms with Crippen LogP contribution in [0.4, 0.5) is 16.2 Å². The van der Waals surface area contributed by atoms with E-state index in [1.807, 2.05) is 0 Å². The Morgan fingerprint density at radius 2 is 1.80 bits per heavy atom. The third-order valence-electron chi connectivity index (χ3n) is 6.27. The van der Waals surface area contributed by atoms with Gasteiger partial charge in [-0.2, -0.15) is 0 Å². The molecule has 1 amide bonds. The van der Waals surface area contributed by atoms with Crippen LogP contribution in [0.25, 0.3) is 21.6 Å². The number of ether oxygens (including phenoxy) is 1. The van der Waals surface area contributed by atoms with Crippen molar-refractivity contribution >= 4 is 39.2 Å². The van der Waals surface area contributed by atoms with Crippen LogP contribution >= 0.6 is 11.3 Å². The predicted octanol–water partition coefficient (Wildman–Crippen LogP) is 2.90. The number of rotatable bonds is 3. The molecule has 0 radical (unpaired) electrons. The Balaban J connectivity index is 1.43. The summed E-state index contributed by atoms with van der Waals surface area (Å²) in [5.41, 5.74) is 8.68. The number of hydrogen-bond acceptors (Lipinski definition) is 9. The van der Waals surface area contributed by atoms with Gasteiger partial charge in [-0.25, -0.2) is 24.3 Å². The number of nitrogens with two attached hydrogens (primary N) is 1. The molecule has 0 aliphatic carbocycles. The first-order valence-corrected chi connectivity index (χ1v) is 12.2. The van der Waals surface area contributed by atoms with Crippen LogP contribution in [0, 0.1) is 5.82 Å². The van der Waals surface area contributed by atoms with Crippen molar-refractivity contribution in [1.82, 2.24) is 24.8 Å². The lowest BCUT2D eigenvalue weighted by Gasteiger charge is -2.28. The Morgan fingerprint density at radius 3 is 2.54 bits per heavy atom. The zero-order chi connectivity index (χ0) is 23.9. The number of thiophene rings is 1. The number of aromatic nitrogens is 4. The van der Waals surface area contributed by atoms with Gasteiger partial charge in [0.05, 0.1) is 29.0 Å². The molecule has 2 aliphatic rings. The van der Waals surface area contributed by atoms with E-state index < -0.39 is 0 Å². The molecule has 6 rings (SSSR count). The standard InChI is InChI=1S/C24H22FN7O2S/c25-16-3-1-14(2-4-16)23(33)32-6-5-18-17(13-32)19-20(35-18)22(31-7-9-34-10-8-31)30-21(29-19)15-11-27-24(26)28-12-15/h1-4,11-12H,5-10,13H2,(H2,26,27,28). The van der Waals surface area contributed by atoms with Gasteiger partial charge in [-0.05, 0) is 30.7 Å². The zero-order valence-electron chi connectivity index (χ0n) is 18.8. The molecular weight excluding hydrogens is 469 g/mol. The molecule has 2 N–H and O–H groups in total. The molecule has 0 spiro atoms. The van der Waals surface area contributed by atoms with Crippen LogP contribution in [-0.2, 0) is 17.7 Å². The zero-order valence-corrected chi connectivity index (χ0v) is 19.6. The molecule has 2 aliphatic heterocycles. The number of morpholine rings is 1. The van der Waals surface area contributed by atoms with Crippen molar-refractivity contribution in [2.24, 2.45) is 0 Å². The summed E-state index contributed by atoms with van der Waals surface area (Å²) >= 11 is 1.69. The molecule has 1 saturated heterocycles. The van der Waals surface area contributed by atoms with Crippen molar-refractivity contribution in [2.45, 2.75) is 13.0 Å². The van der Waals surface area contributed by atoms with E-state index in [0.717, 1.165) is 41.1 Å². The lowest BCUT2D eigenvalue weighted by atomic mass is 10.1. The van der Waals surface area contributed by atoms with Crippen LogP contribution in [0.5, 0.6) is 0 Å². The molecule has 0 atom stereocenters. The molecule has 11 heteroatoms. The van der Waals surface area contributed by atoms with Crippen molar-refractivity contribution in [3.8, 4) is 11.4 Å². The van der Waals surface area contributed by atoms with Gasteiger partial charge in [-0.15, -0.1) is 11.3 Å². The number of benzene rings is 1. The Kier molecular flexibility index (Phi) is 5.50. The first-order chi connectivity index (χ1) is 17.1. The van der Waals surface area contributed by atoms with E-state index in [4.69, 9.17) is 20.4 Å². The normalized spacial score (nSPS) is 15.9. The quantitative estimate of drug-likeness (QED) is 0.466. The average Bonchev–Trinajstić information content (AvgIpc) is 3.27. The number of nitrogen functional groups attached to an aromatic ring is 1. The largest absolute Gasteiger partial charge is 0.378 e. The Hall–Kier alpha value is -3.70. The van der Waals surface area contributed by atoms with Gasteiger partial charge in [0.25, 0.3) is 5.91 Å². The van der Waals surface area contributed by atoms with E-state index in [9.17, 15) is 9.18 Å². The van der Waals surface area contributed by atoms with Gasteiger partial charge in [-0.1, -0.05) is 0 Å². The van der Waals surface area contributed by atoms with Gasteiger partial charge in [0.15, 0.2) is 11.6 Å². The van der Waals surface area contributed by atoms with Gasteiger partial charge < -0.3 is 20.3 Å². The molecule has 5 heterocycles. The number of carbonyl (C=O) groups excluding carboxylic acids is 1. The molecule has 0 saturated carbocycles. The second-order valence-electron chi connectivity index (χ2n) is 8.47. The molecule has 3 aromatic heterocycles. The van der Waals surface area contributed by atoms with Crippen LogP contribution in [0.1, 0.15) is 20.8 Å². The second kappa shape index (κ2) is 8.82. The van der Waals surface area contributed by atoms with Gasteiger partial charge in [0, 0.05) is 54.6 Å². The Bertz CT molecular complexity index is 1400. The molecule has 1 fully saturated rings. The molecule has 0 bridgehead atoms. The van der Waals surface area contributed by atoms with Crippen LogP contribution in [-0.4, -0.2) is 63.6 Å². The molecule has 35 heavy (non-hydrogen) atoms. The Morgan fingerprint density at radius 1 is 1.06 bits per heavy atom. The fraction of sp³-hybridized carbons (Fsp3) is 0.292. The summed E-state index contributed by atoms with van der Waals surface area (Å²) in [5, 5.41) is 0. The minimum atomic E-state index is -0.363. The van der Waals surface area contributed by atoms with Gasteiger partial charge >= 0.3 is 0 Å². The minimum Gasteiger partial charge on any atom is -0.378 e. The van der Waals surface area contributed by atoms with Gasteiger partial charge in [0.2, 0.25) is 5.95 Å². The molecule has 178 valence electrons. The third-order valence-corrected chi connectivity index (χ3v) is 7.55. The number of anilines is 2. The summed E-state index contributed by atoms with van der Waals surface area (Å²) in [6.45, 7) is 3.77. The highest BCUT2D eigenvalue weighted by Crippen LogP contribution is 2.40. The smallest absolute Gasteiger partial charge is 0.254 e. The number of fused-ring (bicyclic) bond motifs is 3. The number of nitrogens with zero attached hydrogens (tertiary/aromatic N) is 6. The van der Waals surface area contributed by atoms with Crippen molar-refractivity contribution in [3.63, 3.8) is 0 Å². The van der Waals surface area contributed by atoms with Crippen LogP contribution < -0.4 is 10.6 Å². The number of carbonyl (C=O) groups is 1. The summed E-state index contributed by atoms with van der Waals surface area (Å²) < 4.78 is 19.9. The summed E-state index contributed by atoms with van der Waals surface area (Å²) in [4.78, 5) is 36.4. The maximum atomic E-state index is 13.3. The van der Waals surface area contributed by atoms with E-state index in [0.29, 0.717) is 43.3 Å². The van der Waals surface area contributed by atoms with E-state index in [-0.39, 0.29) is 17.7 Å². The molecule has 4 aromatic rings. The van der Waals surface area contributed by atoms with Gasteiger partial charge in [-0.3, -0.25) is 4.79 Å². The van der Waals surface area contributed by atoms with E-state index >= 15 is 0 Å². The first kappa shape index (κ1) is 21.8. The fourth-order valence-corrected chi connectivity index (χ4v) is 5.70. The SMILES string of the molecule is Nc1ncc(-c2nc(N3CCOCC3)c3sc4c(c3n2)CN(C(=O)c2ccc(F)cc2)CC4)cn1. The number of amides is 1. The van der Waals surface area contributed by atoms with Crippen molar-refractivity contribution in [3.05, 3.63) is 58.5 Å². The number of halogens is 1. The van der Waals surface area contributed by atoms with Crippen LogP contribution in [0.3, 0.4) is 0 Å². The lowest BCUT2D eigenvalue weighted by molar-refractivity contribution is 0.0736. The monoisotopic (exact) mass is 491 g/mol. The average molecular weight is 492 g/mol. The summed E-state index contributed by atoms with van der Waals surface area (Å²) in [6, 6.07) is 5.67. The molecule has 9 nitrogen and oxygen atoms in total. The summed E-state index contributed by atoms with van der Waals surface area (Å²) in [5.74, 6) is 1.08. The highest BCUT2D eigenvalue weighted by molar-refractivity contribution is 7.19. The lowest BCUT2D eigenvalue weighted by Crippen LogP contribution is -2.37. The second-order valence-corrected chi connectivity index (χ2v) is 9.57. The highest BCUT2D eigenvalue weighted by atomic mass is 32.1. The Labute approximate surface area is 204 Å². The molecule has 0 unspecified atom stereocenters. The first-order valence-electron chi connectivity index (χ1n) is 11.3. The maximum absolute atomic E-state index is 13.3. The summed E-state index contributed by atoms with van der Waals surface area (Å²) in [7, 11) is 0. The van der Waals surface area contributed by atoms with E-state index in [1.54, 1.807) is 28.6 Å². The third kappa shape index (κ3) is 4.06. The topological polar surface area (TPSA) is 110 Å². The van der Waals surface area contributed by atoms with E-state index in [2.05, 4.69) is 14.9 Å². The molecular formula is C24H22FN7O2S. The van der Waals surface area contributed by atoms with E-state index in [1.165, 1.54) is 29.1 Å². The van der Waals surface area contributed by atoms with Crippen LogP contribution in [0.2, 0.25) is 0 Å².